The molecule has 0 aliphatic heterocycles. The van der Waals surface area contributed by atoms with E-state index in [0.29, 0.717) is 5.91 Å². The third-order valence-electron chi connectivity index (χ3n) is 4.10. The second kappa shape index (κ2) is 13.5. The molecule has 0 rings (SSSR count). The van der Waals surface area contributed by atoms with Gasteiger partial charge in [-0.05, 0) is 25.7 Å². The van der Waals surface area contributed by atoms with Crippen LogP contribution in [0.3, 0.4) is 0 Å². The van der Waals surface area contributed by atoms with Gasteiger partial charge < -0.3 is 4.90 Å². The van der Waals surface area contributed by atoms with Crippen LogP contribution in [-0.4, -0.2) is 23.9 Å². The molecule has 20 heavy (non-hydrogen) atoms. The molecule has 0 aromatic carbocycles. The number of nitrogens with zero attached hydrogens (tertiary/aromatic N) is 1. The minimum Gasteiger partial charge on any atom is -0.342 e. The second-order valence-electron chi connectivity index (χ2n) is 5.99. The SMILES string of the molecule is CCCCCCN(CCCCC)C(=O)C(CC)CCC. The van der Waals surface area contributed by atoms with Crippen LogP contribution < -0.4 is 0 Å². The standard InChI is InChI=1S/C18H37NO/c1-5-9-11-13-16-19(15-12-10-6-2)18(20)17(8-4)14-7-3/h17H,5-16H2,1-4H3. The summed E-state index contributed by atoms with van der Waals surface area (Å²) in [6, 6.07) is 0. The molecule has 0 saturated heterocycles. The first-order chi connectivity index (χ1) is 9.71. The third-order valence-corrected chi connectivity index (χ3v) is 4.10. The maximum atomic E-state index is 12.6. The van der Waals surface area contributed by atoms with E-state index in [4.69, 9.17) is 0 Å². The van der Waals surface area contributed by atoms with Gasteiger partial charge in [0.25, 0.3) is 0 Å². The van der Waals surface area contributed by atoms with Crippen LogP contribution in [0.1, 0.15) is 91.9 Å². The lowest BCUT2D eigenvalue weighted by Crippen LogP contribution is -2.37. The molecule has 1 atom stereocenters. The first-order valence-electron chi connectivity index (χ1n) is 8.99. The van der Waals surface area contributed by atoms with Crippen molar-refractivity contribution in [2.75, 3.05) is 13.1 Å². The Kier molecular flexibility index (Phi) is 13.1. The fraction of sp³-hybridized carbons (Fsp3) is 0.944. The summed E-state index contributed by atoms with van der Waals surface area (Å²) in [5, 5.41) is 0. The zero-order valence-corrected chi connectivity index (χ0v) is 14.4. The molecule has 0 spiro atoms. The van der Waals surface area contributed by atoms with Gasteiger partial charge in [0.15, 0.2) is 0 Å². The number of hydrogen-bond donors (Lipinski definition) is 0. The summed E-state index contributed by atoms with van der Waals surface area (Å²) in [5.41, 5.74) is 0. The fourth-order valence-corrected chi connectivity index (χ4v) is 2.72. The number of amides is 1. The van der Waals surface area contributed by atoms with Gasteiger partial charge in [0.2, 0.25) is 5.91 Å². The molecule has 0 heterocycles. The van der Waals surface area contributed by atoms with Gasteiger partial charge in [-0.1, -0.05) is 66.2 Å². The number of carbonyl (C=O) groups is 1. The largest absolute Gasteiger partial charge is 0.342 e. The minimum absolute atomic E-state index is 0.257. The third kappa shape index (κ3) is 8.60. The molecule has 0 bridgehead atoms. The lowest BCUT2D eigenvalue weighted by molar-refractivity contribution is -0.136. The van der Waals surface area contributed by atoms with Gasteiger partial charge in [0.05, 0.1) is 0 Å². The molecule has 2 nitrogen and oxygen atoms in total. The highest BCUT2D eigenvalue weighted by Crippen LogP contribution is 2.16. The Bertz CT molecular complexity index is 227. The summed E-state index contributed by atoms with van der Waals surface area (Å²) in [6.45, 7) is 10.7. The lowest BCUT2D eigenvalue weighted by atomic mass is 9.98. The van der Waals surface area contributed by atoms with E-state index in [1.54, 1.807) is 0 Å². The monoisotopic (exact) mass is 283 g/mol. The molecule has 0 aliphatic rings. The van der Waals surface area contributed by atoms with E-state index in [0.717, 1.165) is 32.4 Å². The van der Waals surface area contributed by atoms with E-state index >= 15 is 0 Å². The quantitative estimate of drug-likeness (QED) is 0.414. The molecule has 120 valence electrons. The van der Waals surface area contributed by atoms with Crippen LogP contribution in [-0.2, 0) is 4.79 Å². The minimum atomic E-state index is 0.257. The van der Waals surface area contributed by atoms with Crippen LogP contribution in [0.15, 0.2) is 0 Å². The van der Waals surface area contributed by atoms with Crippen molar-refractivity contribution in [3.8, 4) is 0 Å². The van der Waals surface area contributed by atoms with E-state index in [2.05, 4.69) is 32.6 Å². The average molecular weight is 284 g/mol. The molecule has 0 aromatic heterocycles. The summed E-state index contributed by atoms with van der Waals surface area (Å²) in [5.74, 6) is 0.676. The average Bonchev–Trinajstić information content (AvgIpc) is 2.46. The van der Waals surface area contributed by atoms with Gasteiger partial charge in [-0.2, -0.15) is 0 Å². The molecule has 0 aromatic rings. The Labute approximate surface area is 127 Å². The highest BCUT2D eigenvalue weighted by molar-refractivity contribution is 5.78. The zero-order chi connectivity index (χ0) is 15.2. The van der Waals surface area contributed by atoms with Crippen molar-refractivity contribution >= 4 is 5.91 Å². The van der Waals surface area contributed by atoms with Crippen molar-refractivity contribution in [2.24, 2.45) is 5.92 Å². The van der Waals surface area contributed by atoms with E-state index in [-0.39, 0.29) is 5.92 Å². The number of hydrogen-bond acceptors (Lipinski definition) is 1. The summed E-state index contributed by atoms with van der Waals surface area (Å²) in [4.78, 5) is 14.8. The highest BCUT2D eigenvalue weighted by atomic mass is 16.2. The molecule has 0 N–H and O–H groups in total. The second-order valence-corrected chi connectivity index (χ2v) is 5.99. The summed E-state index contributed by atoms with van der Waals surface area (Å²) < 4.78 is 0. The molecule has 0 radical (unpaired) electrons. The van der Waals surface area contributed by atoms with Crippen molar-refractivity contribution in [3.63, 3.8) is 0 Å². The van der Waals surface area contributed by atoms with Gasteiger partial charge in [-0.25, -0.2) is 0 Å². The maximum absolute atomic E-state index is 12.6. The van der Waals surface area contributed by atoms with E-state index in [9.17, 15) is 4.79 Å². The smallest absolute Gasteiger partial charge is 0.225 e. The van der Waals surface area contributed by atoms with Crippen molar-refractivity contribution < 1.29 is 4.79 Å². The first-order valence-corrected chi connectivity index (χ1v) is 8.99. The number of unbranched alkanes of at least 4 members (excludes halogenated alkanes) is 5. The highest BCUT2D eigenvalue weighted by Gasteiger charge is 2.21. The van der Waals surface area contributed by atoms with Gasteiger partial charge in [-0.15, -0.1) is 0 Å². The molecule has 0 aliphatic carbocycles. The molecule has 2 heteroatoms. The molecule has 0 saturated carbocycles. The predicted molar refractivity (Wildman–Crippen MR) is 88.9 cm³/mol. The molecule has 1 amide bonds. The predicted octanol–water partition coefficient (Wildman–Crippen LogP) is 5.41. The summed E-state index contributed by atoms with van der Waals surface area (Å²) in [7, 11) is 0. The van der Waals surface area contributed by atoms with E-state index < -0.39 is 0 Å². The summed E-state index contributed by atoms with van der Waals surface area (Å²) in [6.07, 6.45) is 11.8. The van der Waals surface area contributed by atoms with Crippen LogP contribution in [0.5, 0.6) is 0 Å². The Hall–Kier alpha value is -0.530. The van der Waals surface area contributed by atoms with Crippen molar-refractivity contribution in [1.82, 2.24) is 4.90 Å². The van der Waals surface area contributed by atoms with Crippen LogP contribution in [0.25, 0.3) is 0 Å². The van der Waals surface area contributed by atoms with Crippen LogP contribution in [0.4, 0.5) is 0 Å². The van der Waals surface area contributed by atoms with Crippen molar-refractivity contribution in [3.05, 3.63) is 0 Å². The number of rotatable bonds is 13. The van der Waals surface area contributed by atoms with Crippen molar-refractivity contribution in [2.45, 2.75) is 91.9 Å². The van der Waals surface area contributed by atoms with E-state index in [1.807, 2.05) is 0 Å². The molecular weight excluding hydrogens is 246 g/mol. The topological polar surface area (TPSA) is 20.3 Å². The normalized spacial score (nSPS) is 12.4. The molecule has 0 fully saturated rings. The summed E-state index contributed by atoms with van der Waals surface area (Å²) >= 11 is 0. The van der Waals surface area contributed by atoms with Crippen LogP contribution in [0, 0.1) is 5.92 Å². The van der Waals surface area contributed by atoms with Gasteiger partial charge >= 0.3 is 0 Å². The Morgan fingerprint density at radius 3 is 1.85 bits per heavy atom. The van der Waals surface area contributed by atoms with Crippen LogP contribution in [0.2, 0.25) is 0 Å². The van der Waals surface area contributed by atoms with Crippen LogP contribution >= 0.6 is 0 Å². The molecular formula is C18H37NO. The van der Waals surface area contributed by atoms with Crippen molar-refractivity contribution in [1.29, 1.82) is 0 Å². The van der Waals surface area contributed by atoms with Gasteiger partial charge in [0, 0.05) is 19.0 Å². The lowest BCUT2D eigenvalue weighted by Gasteiger charge is -2.27. The number of carbonyl (C=O) groups excluding carboxylic acids is 1. The zero-order valence-electron chi connectivity index (χ0n) is 14.4. The maximum Gasteiger partial charge on any atom is 0.225 e. The molecule has 1 unspecified atom stereocenters. The fourth-order valence-electron chi connectivity index (χ4n) is 2.72. The van der Waals surface area contributed by atoms with E-state index in [1.165, 1.54) is 44.9 Å². The van der Waals surface area contributed by atoms with Gasteiger partial charge in [0.1, 0.15) is 0 Å². The Morgan fingerprint density at radius 1 is 0.800 bits per heavy atom. The first kappa shape index (κ1) is 19.5. The van der Waals surface area contributed by atoms with Gasteiger partial charge in [-0.3, -0.25) is 4.79 Å². The Balaban J connectivity index is 4.34. The Morgan fingerprint density at radius 2 is 1.35 bits per heavy atom.